The fourth-order valence-corrected chi connectivity index (χ4v) is 18.5. The number of imide groups is 4. The zero-order valence-corrected chi connectivity index (χ0v) is 76.5. The van der Waals surface area contributed by atoms with E-state index in [1.54, 1.807) is 64.0 Å². The van der Waals surface area contributed by atoms with Crippen molar-refractivity contribution in [2.75, 3.05) is 28.4 Å². The summed E-state index contributed by atoms with van der Waals surface area (Å²) >= 11 is 0. The van der Waals surface area contributed by atoms with Crippen LogP contribution in [0.1, 0.15) is 251 Å². The number of carbonyl (C=O) groups excluding carboxylic acids is 8. The first-order chi connectivity index (χ1) is 58.5. The Morgan fingerprint density at radius 2 is 0.640 bits per heavy atom. The van der Waals surface area contributed by atoms with E-state index in [0.29, 0.717) is 34.2 Å². The van der Waals surface area contributed by atoms with E-state index >= 15 is 4.39 Å². The maximum Gasteiger partial charge on any atom is 0.326 e. The molecule has 0 atom stereocenters. The molecule has 2 aromatic heterocycles. The molecular formula is C102H117FN10O12. The van der Waals surface area contributed by atoms with Crippen molar-refractivity contribution < 1.29 is 61.7 Å². The molecule has 22 nitrogen and oxygen atoms in total. The van der Waals surface area contributed by atoms with Crippen molar-refractivity contribution >= 4 is 72.1 Å². The van der Waals surface area contributed by atoms with Gasteiger partial charge < -0.3 is 40.2 Å². The first kappa shape index (κ1) is 90.2. The maximum atomic E-state index is 15.9. The molecule has 16 rings (SSSR count). The first-order valence-electron chi connectivity index (χ1n) is 42.6. The van der Waals surface area contributed by atoms with Gasteiger partial charge in [0.25, 0.3) is 23.6 Å². The van der Waals surface area contributed by atoms with E-state index in [0.717, 1.165) is 112 Å². The van der Waals surface area contributed by atoms with Crippen LogP contribution in [0.25, 0.3) is 68.9 Å². The Bertz CT molecular complexity index is 5580. The number of amides is 12. The van der Waals surface area contributed by atoms with Crippen LogP contribution in [-0.4, -0.2) is 86.2 Å². The summed E-state index contributed by atoms with van der Waals surface area (Å²) in [7, 11) is 6.42. The Kier molecular flexibility index (Phi) is 24.2. The molecule has 125 heavy (non-hydrogen) atoms. The molecule has 654 valence electrons. The lowest BCUT2D eigenvalue weighted by Crippen LogP contribution is -2.34. The topological polar surface area (TPSA) is 296 Å². The number of hydrogen-bond donors (Lipinski definition) is 8. The number of hydrogen-bond acceptors (Lipinski definition) is 14. The Morgan fingerprint density at radius 1 is 0.320 bits per heavy atom. The number of aromatic nitrogens is 2. The molecule has 0 spiro atoms. The lowest BCUT2D eigenvalue weighted by molar-refractivity contribution is -0.116. The van der Waals surface area contributed by atoms with E-state index in [1.165, 1.54) is 69.7 Å². The number of ether oxygens (including phenoxy) is 4. The minimum absolute atomic E-state index is 0.00932. The molecule has 0 radical (unpaired) electrons. The summed E-state index contributed by atoms with van der Waals surface area (Å²) in [5.41, 5.74) is 25.8. The molecular weight excluding hydrogens is 1580 g/mol. The number of benzene rings is 6. The van der Waals surface area contributed by atoms with E-state index < -0.39 is 53.6 Å². The third kappa shape index (κ3) is 18.1. The van der Waals surface area contributed by atoms with Crippen molar-refractivity contribution in [2.45, 2.75) is 233 Å². The number of aryl methyl sites for hydroxylation is 4. The average molecular weight is 1690 g/mol. The first-order valence-corrected chi connectivity index (χ1v) is 42.6. The summed E-state index contributed by atoms with van der Waals surface area (Å²) in [4.78, 5) is 103. The number of rotatable bonds is 12. The van der Waals surface area contributed by atoms with Crippen LogP contribution in [0.15, 0.2) is 126 Å². The molecule has 4 aliphatic carbocycles. The molecule has 8 aliphatic rings. The summed E-state index contributed by atoms with van der Waals surface area (Å²) in [6, 6.07) is 30.5. The van der Waals surface area contributed by atoms with Crippen molar-refractivity contribution in [3.63, 3.8) is 0 Å². The summed E-state index contributed by atoms with van der Waals surface area (Å²) in [6.07, 6.45) is 16.9. The highest BCUT2D eigenvalue weighted by molar-refractivity contribution is 6.16. The molecule has 4 fully saturated rings. The molecule has 23 heteroatoms. The van der Waals surface area contributed by atoms with Crippen LogP contribution < -0.4 is 61.5 Å². The Labute approximate surface area is 732 Å². The van der Waals surface area contributed by atoms with Gasteiger partial charge in [-0.05, 0) is 308 Å². The third-order valence-corrected chi connectivity index (χ3v) is 26.7. The number of nitrogens with one attached hydrogen (secondary N) is 8. The second-order valence-electron chi connectivity index (χ2n) is 39.4. The van der Waals surface area contributed by atoms with Crippen LogP contribution in [0.2, 0.25) is 0 Å². The summed E-state index contributed by atoms with van der Waals surface area (Å²) in [5, 5.41) is 18.7. The summed E-state index contributed by atoms with van der Waals surface area (Å²) < 4.78 is 38.3. The van der Waals surface area contributed by atoms with Gasteiger partial charge >= 0.3 is 24.1 Å². The third-order valence-electron chi connectivity index (χ3n) is 26.7. The number of pyridine rings is 2. The zero-order chi connectivity index (χ0) is 91.1. The average Bonchev–Trinajstić information content (AvgIpc) is 1.73. The molecule has 8 aromatic rings. The van der Waals surface area contributed by atoms with E-state index in [4.69, 9.17) is 23.9 Å². The van der Waals surface area contributed by atoms with Crippen LogP contribution in [0.5, 0.6) is 23.1 Å². The second kappa shape index (κ2) is 33.5. The fraction of sp³-hybridized carbons (Fsp3) is 0.392. The van der Waals surface area contributed by atoms with E-state index in [1.807, 2.05) is 37.3 Å². The van der Waals surface area contributed by atoms with Crippen molar-refractivity contribution in [1.82, 2.24) is 52.5 Å². The summed E-state index contributed by atoms with van der Waals surface area (Å²) in [5.74, 6) is -0.0254. The normalized spacial score (nSPS) is 20.2. The Morgan fingerprint density at radius 3 is 1.02 bits per heavy atom. The largest absolute Gasteiger partial charge is 0.496 e. The predicted molar refractivity (Wildman–Crippen MR) is 488 cm³/mol. The highest BCUT2D eigenvalue weighted by atomic mass is 19.1. The minimum Gasteiger partial charge on any atom is -0.496 e. The van der Waals surface area contributed by atoms with Crippen LogP contribution in [0.3, 0.4) is 0 Å². The monoisotopic (exact) mass is 1690 g/mol. The number of carbonyl (C=O) groups is 8. The van der Waals surface area contributed by atoms with Crippen molar-refractivity contribution in [2.24, 2.45) is 0 Å². The molecule has 6 aromatic carbocycles. The second-order valence-corrected chi connectivity index (χ2v) is 39.4. The quantitative estimate of drug-likeness (QED) is 0.0417. The molecule has 8 N–H and O–H groups in total. The molecule has 4 saturated heterocycles. The lowest BCUT2D eigenvalue weighted by atomic mass is 9.62. The minimum atomic E-state index is -0.620. The van der Waals surface area contributed by atoms with Gasteiger partial charge in [-0.15, -0.1) is 0 Å². The number of urea groups is 4. The number of fused-ring (bicyclic) bond motifs is 4. The van der Waals surface area contributed by atoms with Gasteiger partial charge in [-0.25, -0.2) is 33.5 Å². The number of nitrogens with zero attached hydrogens (tertiary/aromatic N) is 2. The van der Waals surface area contributed by atoms with E-state index in [-0.39, 0.29) is 71.7 Å². The van der Waals surface area contributed by atoms with Crippen molar-refractivity contribution in [3.8, 4) is 67.8 Å². The van der Waals surface area contributed by atoms with Gasteiger partial charge in [-0.2, -0.15) is 0 Å². The highest BCUT2D eigenvalue weighted by Crippen LogP contribution is 2.54. The zero-order valence-electron chi connectivity index (χ0n) is 76.5. The van der Waals surface area contributed by atoms with Gasteiger partial charge in [0, 0.05) is 28.5 Å². The number of halogens is 1. The van der Waals surface area contributed by atoms with E-state index in [9.17, 15) is 38.4 Å². The molecule has 6 heterocycles. The predicted octanol–water partition coefficient (Wildman–Crippen LogP) is 19.7. The van der Waals surface area contributed by atoms with Gasteiger partial charge in [0.2, 0.25) is 5.88 Å². The smallest absolute Gasteiger partial charge is 0.326 e. The Balaban J connectivity index is 0.000000143. The molecule has 0 unspecified atom stereocenters. The molecule has 4 aliphatic heterocycles. The van der Waals surface area contributed by atoms with Gasteiger partial charge in [0.05, 0.1) is 39.7 Å². The standard InChI is InChI=1S/C26H29FN2O3.C26H30N2O3.2C25H29N3O3/c1-14-11-17-18(26(4,5)10-9-25(17,2)3)13-16(14)21-20(32-6)8-7-15(22(21)27)12-19-23(30)29-24(31)28-19;1-15-11-19-20(26(4,5)10-9-25(19,2)3)14-17(15)18-12-16(7-8-22(18)31-6)13-21-23(29)28-24(30)27-21;1-14-9-18-19(25(4,5)8-7-24(18,2)3)12-16(14)17-10-15(13-26-22(17)31-6)11-20-21(29)28-23(30)27-20;1-14-11-17-18(25(4,5)10-9-24(17,2)3)13-16(14)21-20(31-6)8-7-15(26-21)12-19-22(29)28-23(30)27-19/h7-8,11-13H,9-10H2,1-6H3,(H2,28,29,30,31);7-8,11-14H,9-10H2,1-6H3,(H2,27,28,29,30);9-13H,7-8H2,1-6H3,(H2,27,28,29,30);7-8,11-13H,9-10H2,1-6H3,(H2,27,28,29,30)/b19-12-;21-13-;20-11-;19-12-. The van der Waals surface area contributed by atoms with Gasteiger partial charge in [-0.1, -0.05) is 141 Å². The van der Waals surface area contributed by atoms with Gasteiger partial charge in [0.15, 0.2) is 0 Å². The molecule has 0 bridgehead atoms. The van der Waals surface area contributed by atoms with Crippen molar-refractivity contribution in [3.05, 3.63) is 221 Å². The maximum absolute atomic E-state index is 15.9. The molecule has 0 saturated carbocycles. The van der Waals surface area contributed by atoms with Crippen molar-refractivity contribution in [1.29, 1.82) is 0 Å². The van der Waals surface area contributed by atoms with Crippen LogP contribution >= 0.6 is 0 Å². The van der Waals surface area contributed by atoms with E-state index in [2.05, 4.69) is 228 Å². The fourth-order valence-electron chi connectivity index (χ4n) is 18.5. The van der Waals surface area contributed by atoms with Crippen LogP contribution in [0.4, 0.5) is 23.6 Å². The lowest BCUT2D eigenvalue weighted by Gasteiger charge is -2.42. The van der Waals surface area contributed by atoms with Crippen LogP contribution in [0, 0.1) is 33.5 Å². The van der Waals surface area contributed by atoms with Gasteiger partial charge in [-0.3, -0.25) is 40.4 Å². The van der Waals surface area contributed by atoms with Gasteiger partial charge in [0.1, 0.15) is 51.5 Å². The highest BCUT2D eigenvalue weighted by Gasteiger charge is 2.43. The van der Waals surface area contributed by atoms with Crippen LogP contribution in [-0.2, 0) is 62.5 Å². The SMILES string of the molecule is COc1ccc(/C=C2\NC(=O)NC2=O)c(F)c1-c1cc2c(cc1C)C(C)(C)CCC2(C)C.COc1ccc(/C=C2\NC(=O)NC2=O)cc1-c1cc2c(cc1C)C(C)(C)CCC2(C)C.COc1ccc(/C=C2\NC(=O)NC2=O)nc1-c1cc2c(cc1C)C(C)(C)CCC2(C)C.COc1ncc(/C=C2\NC(=O)NC2=O)cc1-c1cc2c(cc1C)C(C)(C)CCC2(C)C. The summed E-state index contributed by atoms with van der Waals surface area (Å²) in [6.45, 7) is 45.1. The molecule has 12 amide bonds. The Hall–Kier alpha value is -12.5. The number of methoxy groups -OCH3 is 4.